The first-order valence-corrected chi connectivity index (χ1v) is 8.67. The van der Waals surface area contributed by atoms with E-state index in [-0.39, 0.29) is 6.42 Å². The fourth-order valence-electron chi connectivity index (χ4n) is 2.89. The Morgan fingerprint density at radius 3 is 3.00 bits per heavy atom. The van der Waals surface area contributed by atoms with Crippen LogP contribution in [0.1, 0.15) is 19.3 Å². The smallest absolute Gasteiger partial charge is 0.239 e. The lowest BCUT2D eigenvalue weighted by Gasteiger charge is -2.41. The van der Waals surface area contributed by atoms with Gasteiger partial charge < -0.3 is 9.88 Å². The van der Waals surface area contributed by atoms with E-state index in [0.29, 0.717) is 17.7 Å². The molecule has 1 aliphatic carbocycles. The molecule has 0 aliphatic heterocycles. The Labute approximate surface area is 132 Å². The third kappa shape index (κ3) is 3.34. The largest absolute Gasteiger partial charge is 0.356 e. The SMILES string of the molecule is CN(c1ncnc2[nH]ccc12)[C@H]1C[C@@H](CSCCC(F)F)C1. The van der Waals surface area contributed by atoms with Crippen LogP contribution in [-0.4, -0.2) is 46.0 Å². The van der Waals surface area contributed by atoms with Crippen molar-refractivity contribution in [2.75, 3.05) is 23.5 Å². The minimum Gasteiger partial charge on any atom is -0.356 e. The predicted octanol–water partition coefficient (Wildman–Crippen LogP) is 3.56. The van der Waals surface area contributed by atoms with Gasteiger partial charge in [-0.3, -0.25) is 0 Å². The van der Waals surface area contributed by atoms with Gasteiger partial charge in [0.2, 0.25) is 6.43 Å². The van der Waals surface area contributed by atoms with Crippen LogP contribution in [0, 0.1) is 5.92 Å². The Morgan fingerprint density at radius 2 is 2.23 bits per heavy atom. The van der Waals surface area contributed by atoms with E-state index in [2.05, 4.69) is 26.9 Å². The number of alkyl halides is 2. The topological polar surface area (TPSA) is 44.8 Å². The molecule has 2 aromatic rings. The van der Waals surface area contributed by atoms with Crippen LogP contribution in [-0.2, 0) is 0 Å². The summed E-state index contributed by atoms with van der Waals surface area (Å²) in [6.45, 7) is 0. The highest BCUT2D eigenvalue weighted by Crippen LogP contribution is 2.36. The van der Waals surface area contributed by atoms with E-state index in [9.17, 15) is 8.78 Å². The van der Waals surface area contributed by atoms with Crippen molar-refractivity contribution in [2.24, 2.45) is 5.92 Å². The molecule has 120 valence electrons. The van der Waals surface area contributed by atoms with Crippen LogP contribution < -0.4 is 4.90 Å². The van der Waals surface area contributed by atoms with Gasteiger partial charge in [-0.2, -0.15) is 11.8 Å². The quantitative estimate of drug-likeness (QED) is 0.790. The van der Waals surface area contributed by atoms with Crippen molar-refractivity contribution < 1.29 is 8.78 Å². The number of aromatic nitrogens is 3. The number of fused-ring (bicyclic) bond motifs is 1. The maximum absolute atomic E-state index is 12.1. The first-order chi connectivity index (χ1) is 10.6. The maximum atomic E-state index is 12.1. The van der Waals surface area contributed by atoms with Gasteiger partial charge in [-0.05, 0) is 36.3 Å². The summed E-state index contributed by atoms with van der Waals surface area (Å²) in [4.78, 5) is 13.9. The number of nitrogens with zero attached hydrogens (tertiary/aromatic N) is 3. The van der Waals surface area contributed by atoms with Crippen LogP contribution >= 0.6 is 11.8 Å². The van der Waals surface area contributed by atoms with Crippen molar-refractivity contribution in [3.8, 4) is 0 Å². The molecule has 1 fully saturated rings. The molecule has 0 unspecified atom stereocenters. The number of hydrogen-bond donors (Lipinski definition) is 1. The second kappa shape index (κ2) is 6.81. The van der Waals surface area contributed by atoms with E-state index < -0.39 is 6.43 Å². The van der Waals surface area contributed by atoms with Gasteiger partial charge in [0.05, 0.1) is 5.39 Å². The molecule has 22 heavy (non-hydrogen) atoms. The highest BCUT2D eigenvalue weighted by Gasteiger charge is 2.33. The molecule has 1 aliphatic rings. The Kier molecular flexibility index (Phi) is 4.81. The number of nitrogens with one attached hydrogen (secondary N) is 1. The van der Waals surface area contributed by atoms with Gasteiger partial charge >= 0.3 is 0 Å². The van der Waals surface area contributed by atoms with E-state index in [0.717, 1.165) is 35.4 Å². The van der Waals surface area contributed by atoms with Crippen LogP contribution in [0.2, 0.25) is 0 Å². The van der Waals surface area contributed by atoms with Crippen molar-refractivity contribution in [2.45, 2.75) is 31.7 Å². The molecule has 2 heterocycles. The summed E-state index contributed by atoms with van der Waals surface area (Å²) in [6, 6.07) is 2.48. The second-order valence-corrected chi connectivity index (χ2v) is 6.94. The van der Waals surface area contributed by atoms with Crippen LogP contribution in [0.4, 0.5) is 14.6 Å². The zero-order valence-corrected chi connectivity index (χ0v) is 13.3. The van der Waals surface area contributed by atoms with Gasteiger partial charge in [0.25, 0.3) is 0 Å². The molecule has 0 atom stereocenters. The lowest BCUT2D eigenvalue weighted by Crippen LogP contribution is -2.44. The average molecular weight is 326 g/mol. The minimum absolute atomic E-state index is 0.00707. The second-order valence-electron chi connectivity index (χ2n) is 5.79. The van der Waals surface area contributed by atoms with Crippen LogP contribution in [0.3, 0.4) is 0 Å². The summed E-state index contributed by atoms with van der Waals surface area (Å²) < 4.78 is 24.2. The molecular formula is C15H20F2N4S. The Hall–Kier alpha value is -1.37. The van der Waals surface area contributed by atoms with E-state index in [4.69, 9.17) is 0 Å². The fourth-order valence-corrected chi connectivity index (χ4v) is 4.00. The Morgan fingerprint density at radius 1 is 1.41 bits per heavy atom. The van der Waals surface area contributed by atoms with Crippen molar-refractivity contribution in [1.82, 2.24) is 15.0 Å². The van der Waals surface area contributed by atoms with Gasteiger partial charge in [-0.15, -0.1) is 0 Å². The van der Waals surface area contributed by atoms with Crippen molar-refractivity contribution in [3.05, 3.63) is 18.6 Å². The summed E-state index contributed by atoms with van der Waals surface area (Å²) in [5, 5.41) is 1.04. The molecule has 0 amide bonds. The van der Waals surface area contributed by atoms with Crippen molar-refractivity contribution in [3.63, 3.8) is 0 Å². The van der Waals surface area contributed by atoms with Crippen LogP contribution in [0.15, 0.2) is 18.6 Å². The van der Waals surface area contributed by atoms with Gasteiger partial charge in [-0.1, -0.05) is 0 Å². The summed E-state index contributed by atoms with van der Waals surface area (Å²) in [5.41, 5.74) is 0.857. The number of aromatic amines is 1. The lowest BCUT2D eigenvalue weighted by molar-refractivity contribution is 0.145. The summed E-state index contributed by atoms with van der Waals surface area (Å²) in [7, 11) is 2.07. The zero-order valence-electron chi connectivity index (χ0n) is 12.5. The van der Waals surface area contributed by atoms with Crippen LogP contribution in [0.5, 0.6) is 0 Å². The summed E-state index contributed by atoms with van der Waals surface area (Å²) in [5.74, 6) is 3.14. The Balaban J connectivity index is 1.49. The van der Waals surface area contributed by atoms with Crippen LogP contribution in [0.25, 0.3) is 11.0 Å². The summed E-state index contributed by atoms with van der Waals surface area (Å²) in [6.07, 6.45) is 3.50. The van der Waals surface area contributed by atoms with E-state index in [1.54, 1.807) is 18.1 Å². The third-order valence-electron chi connectivity index (χ3n) is 4.26. The minimum atomic E-state index is -2.17. The average Bonchev–Trinajstić information content (AvgIpc) is 2.92. The molecule has 7 heteroatoms. The predicted molar refractivity (Wildman–Crippen MR) is 86.7 cm³/mol. The molecular weight excluding hydrogens is 306 g/mol. The lowest BCUT2D eigenvalue weighted by atomic mass is 9.81. The standard InChI is InChI=1S/C15H20F2N4S/c1-21(15-12-2-4-18-14(12)19-9-20-15)11-6-10(7-11)8-22-5-3-13(16)17/h2,4,9-11,13H,3,5-8H2,1H3,(H,18,19,20)/t10-,11+. The van der Waals surface area contributed by atoms with Gasteiger partial charge in [0.15, 0.2) is 0 Å². The van der Waals surface area contributed by atoms with Crippen molar-refractivity contribution in [1.29, 1.82) is 0 Å². The van der Waals surface area contributed by atoms with Gasteiger partial charge in [0, 0.05) is 25.7 Å². The number of H-pyrrole nitrogens is 1. The molecule has 1 saturated carbocycles. The Bertz CT molecular complexity index is 612. The molecule has 0 spiro atoms. The highest BCUT2D eigenvalue weighted by molar-refractivity contribution is 7.99. The molecule has 0 radical (unpaired) electrons. The molecule has 2 aromatic heterocycles. The first-order valence-electron chi connectivity index (χ1n) is 7.52. The monoisotopic (exact) mass is 326 g/mol. The molecule has 0 saturated heterocycles. The summed E-state index contributed by atoms with van der Waals surface area (Å²) >= 11 is 1.65. The zero-order chi connectivity index (χ0) is 15.5. The number of hydrogen-bond acceptors (Lipinski definition) is 4. The first kappa shape index (κ1) is 15.5. The van der Waals surface area contributed by atoms with E-state index in [1.165, 1.54) is 0 Å². The van der Waals surface area contributed by atoms with E-state index >= 15 is 0 Å². The molecule has 4 nitrogen and oxygen atoms in total. The van der Waals surface area contributed by atoms with E-state index in [1.807, 2.05) is 12.3 Å². The molecule has 1 N–H and O–H groups in total. The number of halogens is 2. The number of rotatable bonds is 7. The molecule has 3 rings (SSSR count). The third-order valence-corrected chi connectivity index (χ3v) is 5.49. The normalized spacial score (nSPS) is 21.3. The maximum Gasteiger partial charge on any atom is 0.239 e. The number of thioether (sulfide) groups is 1. The molecule has 0 aromatic carbocycles. The number of anilines is 1. The van der Waals surface area contributed by atoms with Gasteiger partial charge in [0.1, 0.15) is 17.8 Å². The van der Waals surface area contributed by atoms with Crippen molar-refractivity contribution >= 4 is 28.6 Å². The van der Waals surface area contributed by atoms with Gasteiger partial charge in [-0.25, -0.2) is 18.7 Å². The molecule has 0 bridgehead atoms. The fraction of sp³-hybridized carbons (Fsp3) is 0.600. The highest BCUT2D eigenvalue weighted by atomic mass is 32.2.